The zero-order valence-corrected chi connectivity index (χ0v) is 16.2. The van der Waals surface area contributed by atoms with Crippen molar-refractivity contribution in [1.82, 2.24) is 9.80 Å². The van der Waals surface area contributed by atoms with E-state index in [-0.39, 0.29) is 17.9 Å². The molecule has 0 bridgehead atoms. The second-order valence-electron chi connectivity index (χ2n) is 6.33. The van der Waals surface area contributed by atoms with Gasteiger partial charge in [0.1, 0.15) is 0 Å². The normalized spacial score (nSPS) is 16.9. The van der Waals surface area contributed by atoms with E-state index < -0.39 is 0 Å². The van der Waals surface area contributed by atoms with Gasteiger partial charge in [0.15, 0.2) is 0 Å². The largest absolute Gasteiger partial charge is 0.383 e. The van der Waals surface area contributed by atoms with Crippen molar-refractivity contribution in [3.8, 4) is 0 Å². The van der Waals surface area contributed by atoms with E-state index in [4.69, 9.17) is 9.47 Å². The number of ether oxygens (including phenoxy) is 2. The highest BCUT2D eigenvalue weighted by molar-refractivity contribution is 7.12. The minimum absolute atomic E-state index is 0.0242. The molecule has 1 saturated heterocycles. The van der Waals surface area contributed by atoms with Crippen LogP contribution in [0.1, 0.15) is 20.0 Å². The summed E-state index contributed by atoms with van der Waals surface area (Å²) in [7, 11) is 1.61. The fraction of sp³-hybridized carbons (Fsp3) is 0.400. The molecule has 0 N–H and O–H groups in total. The van der Waals surface area contributed by atoms with Crippen LogP contribution in [0.3, 0.4) is 0 Å². The van der Waals surface area contributed by atoms with Gasteiger partial charge >= 0.3 is 0 Å². The summed E-state index contributed by atoms with van der Waals surface area (Å²) < 4.78 is 11.0. The van der Waals surface area contributed by atoms with Crippen LogP contribution in [0.2, 0.25) is 0 Å². The summed E-state index contributed by atoms with van der Waals surface area (Å²) in [6.45, 7) is 2.86. The predicted molar refractivity (Wildman–Crippen MR) is 104 cm³/mol. The van der Waals surface area contributed by atoms with Gasteiger partial charge in [-0.15, -0.1) is 11.3 Å². The SMILES string of the molecule is COCCN(CC1CN(C(=O)c2cccs2)CCO1)C(=O)c1ccccc1. The summed E-state index contributed by atoms with van der Waals surface area (Å²) in [6, 6.07) is 12.9. The van der Waals surface area contributed by atoms with Crippen molar-refractivity contribution in [2.45, 2.75) is 6.10 Å². The molecular weight excluding hydrogens is 364 g/mol. The standard InChI is InChI=1S/C20H24N2O4S/c1-25-11-9-21(19(23)16-6-3-2-4-7-16)14-17-15-22(10-12-26-17)20(24)18-8-5-13-27-18/h2-8,13,17H,9-12,14-15H2,1H3. The number of benzene rings is 1. The molecule has 1 aliphatic heterocycles. The average molecular weight is 388 g/mol. The number of morpholine rings is 1. The number of carbonyl (C=O) groups excluding carboxylic acids is 2. The Morgan fingerprint density at radius 2 is 2.07 bits per heavy atom. The molecule has 2 heterocycles. The fourth-order valence-electron chi connectivity index (χ4n) is 3.06. The molecule has 0 saturated carbocycles. The van der Waals surface area contributed by atoms with Crippen LogP contribution in [0.4, 0.5) is 0 Å². The minimum atomic E-state index is -0.216. The fourth-order valence-corrected chi connectivity index (χ4v) is 3.75. The zero-order chi connectivity index (χ0) is 19.1. The van der Waals surface area contributed by atoms with E-state index in [1.807, 2.05) is 40.6 Å². The Labute approximate surface area is 163 Å². The first-order valence-corrected chi connectivity index (χ1v) is 9.84. The molecule has 2 amide bonds. The molecule has 144 valence electrons. The highest BCUT2D eigenvalue weighted by Crippen LogP contribution is 2.16. The molecule has 1 atom stereocenters. The molecule has 2 aromatic rings. The molecule has 0 aliphatic carbocycles. The van der Waals surface area contributed by atoms with E-state index in [0.717, 1.165) is 4.88 Å². The minimum Gasteiger partial charge on any atom is -0.383 e. The molecule has 0 spiro atoms. The number of methoxy groups -OCH3 is 1. The molecule has 1 aromatic heterocycles. The summed E-state index contributed by atoms with van der Waals surface area (Å²) in [5.74, 6) is -0.0333. The molecular formula is C20H24N2O4S. The first-order valence-electron chi connectivity index (χ1n) is 8.96. The lowest BCUT2D eigenvalue weighted by Gasteiger charge is -2.35. The second kappa shape index (κ2) is 9.64. The van der Waals surface area contributed by atoms with Crippen LogP contribution < -0.4 is 0 Å². The smallest absolute Gasteiger partial charge is 0.264 e. The Balaban J connectivity index is 1.65. The molecule has 27 heavy (non-hydrogen) atoms. The lowest BCUT2D eigenvalue weighted by molar-refractivity contribution is -0.0345. The third kappa shape index (κ3) is 5.15. The highest BCUT2D eigenvalue weighted by Gasteiger charge is 2.28. The van der Waals surface area contributed by atoms with Gasteiger partial charge in [-0.2, -0.15) is 0 Å². The number of nitrogens with zero attached hydrogens (tertiary/aromatic N) is 2. The quantitative estimate of drug-likeness (QED) is 0.731. The van der Waals surface area contributed by atoms with Gasteiger partial charge in [-0.05, 0) is 23.6 Å². The average Bonchev–Trinajstić information content (AvgIpc) is 3.26. The van der Waals surface area contributed by atoms with Crippen molar-refractivity contribution >= 4 is 23.2 Å². The monoisotopic (exact) mass is 388 g/mol. The number of thiophene rings is 1. The maximum Gasteiger partial charge on any atom is 0.264 e. The topological polar surface area (TPSA) is 59.1 Å². The van der Waals surface area contributed by atoms with Crippen LogP contribution in [0.25, 0.3) is 0 Å². The van der Waals surface area contributed by atoms with Gasteiger partial charge in [0, 0.05) is 38.9 Å². The van der Waals surface area contributed by atoms with Crippen LogP contribution in [0.15, 0.2) is 47.8 Å². The third-order valence-corrected chi connectivity index (χ3v) is 5.31. The zero-order valence-electron chi connectivity index (χ0n) is 15.4. The van der Waals surface area contributed by atoms with Crippen molar-refractivity contribution in [1.29, 1.82) is 0 Å². The number of carbonyl (C=O) groups is 2. The van der Waals surface area contributed by atoms with Gasteiger partial charge in [-0.25, -0.2) is 0 Å². The number of amides is 2. The van der Waals surface area contributed by atoms with E-state index in [2.05, 4.69) is 0 Å². The summed E-state index contributed by atoms with van der Waals surface area (Å²) in [5.41, 5.74) is 0.635. The van der Waals surface area contributed by atoms with Gasteiger partial charge in [-0.3, -0.25) is 9.59 Å². The van der Waals surface area contributed by atoms with Crippen LogP contribution in [0.5, 0.6) is 0 Å². The van der Waals surface area contributed by atoms with E-state index in [0.29, 0.717) is 45.0 Å². The Bertz CT molecular complexity index is 736. The van der Waals surface area contributed by atoms with Gasteiger partial charge in [0.25, 0.3) is 11.8 Å². The Kier molecular flexibility index (Phi) is 6.98. The Hall–Kier alpha value is -2.22. The van der Waals surface area contributed by atoms with Crippen molar-refractivity contribution < 1.29 is 19.1 Å². The van der Waals surface area contributed by atoms with Gasteiger partial charge in [0.2, 0.25) is 0 Å². The van der Waals surface area contributed by atoms with E-state index in [9.17, 15) is 9.59 Å². The summed E-state index contributed by atoms with van der Waals surface area (Å²) in [5, 5.41) is 1.90. The van der Waals surface area contributed by atoms with Crippen LogP contribution >= 0.6 is 11.3 Å². The van der Waals surface area contributed by atoms with Gasteiger partial charge in [0.05, 0.1) is 24.2 Å². The molecule has 1 aromatic carbocycles. The number of hydrogen-bond donors (Lipinski definition) is 0. The number of rotatable bonds is 7. The van der Waals surface area contributed by atoms with Crippen LogP contribution in [0, 0.1) is 0 Å². The van der Waals surface area contributed by atoms with Gasteiger partial charge < -0.3 is 19.3 Å². The summed E-state index contributed by atoms with van der Waals surface area (Å²) >= 11 is 1.44. The van der Waals surface area contributed by atoms with E-state index >= 15 is 0 Å². The van der Waals surface area contributed by atoms with E-state index in [1.54, 1.807) is 24.1 Å². The first kappa shape index (κ1) is 19.5. The second-order valence-corrected chi connectivity index (χ2v) is 7.28. The molecule has 7 heteroatoms. The molecule has 0 radical (unpaired) electrons. The van der Waals surface area contributed by atoms with Crippen LogP contribution in [-0.2, 0) is 9.47 Å². The lowest BCUT2D eigenvalue weighted by atomic mass is 10.1. The molecule has 3 rings (SSSR count). The molecule has 6 nitrogen and oxygen atoms in total. The van der Waals surface area contributed by atoms with Crippen LogP contribution in [-0.4, -0.2) is 74.2 Å². The van der Waals surface area contributed by atoms with Crippen molar-refractivity contribution in [3.63, 3.8) is 0 Å². The summed E-state index contributed by atoms with van der Waals surface area (Å²) in [4.78, 5) is 29.7. The molecule has 1 unspecified atom stereocenters. The lowest BCUT2D eigenvalue weighted by Crippen LogP contribution is -2.51. The van der Waals surface area contributed by atoms with E-state index in [1.165, 1.54) is 11.3 Å². The Morgan fingerprint density at radius 3 is 2.78 bits per heavy atom. The van der Waals surface area contributed by atoms with Crippen molar-refractivity contribution in [2.75, 3.05) is 46.5 Å². The molecule has 1 fully saturated rings. The highest BCUT2D eigenvalue weighted by atomic mass is 32.1. The third-order valence-electron chi connectivity index (χ3n) is 4.46. The Morgan fingerprint density at radius 1 is 1.26 bits per heavy atom. The maximum absolute atomic E-state index is 12.9. The maximum atomic E-state index is 12.9. The predicted octanol–water partition coefficient (Wildman–Crippen LogP) is 2.38. The van der Waals surface area contributed by atoms with Gasteiger partial charge in [-0.1, -0.05) is 24.3 Å². The van der Waals surface area contributed by atoms with Crippen molar-refractivity contribution in [3.05, 3.63) is 58.3 Å². The first-order chi connectivity index (χ1) is 13.2. The molecule has 1 aliphatic rings. The van der Waals surface area contributed by atoms with Crippen molar-refractivity contribution in [2.24, 2.45) is 0 Å². The summed E-state index contributed by atoms with van der Waals surface area (Å²) in [6.07, 6.45) is -0.216. The number of hydrogen-bond acceptors (Lipinski definition) is 5.